The first-order valence-corrected chi connectivity index (χ1v) is 9.48. The van der Waals surface area contributed by atoms with Gasteiger partial charge in [0.1, 0.15) is 5.82 Å². The van der Waals surface area contributed by atoms with E-state index in [2.05, 4.69) is 29.6 Å². The maximum absolute atomic E-state index is 4.88. The Morgan fingerprint density at radius 3 is 2.08 bits per heavy atom. The number of imidazole rings is 1. The second-order valence-corrected chi connectivity index (χ2v) is 6.31. The molecule has 1 aromatic rings. The van der Waals surface area contributed by atoms with Gasteiger partial charge in [-0.25, -0.2) is 4.98 Å². The number of hydrogen-bond acceptors (Lipinski definition) is 1. The molecule has 0 N–H and O–H groups in total. The molecule has 0 fully saturated rings. The molecule has 1 rings (SSSR count). The van der Waals surface area contributed by atoms with Crippen LogP contribution in [0.2, 0.25) is 0 Å². The average molecular weight is 404 g/mol. The predicted octanol–water partition coefficient (Wildman–Crippen LogP) is 3.23. The Hall–Kier alpha value is 0.478. The molecule has 0 unspecified atom stereocenters. The van der Waals surface area contributed by atoms with E-state index in [0.717, 1.165) is 5.82 Å². The molecule has 13 heavy (non-hydrogen) atoms. The van der Waals surface area contributed by atoms with E-state index in [-0.39, 0.29) is 0 Å². The van der Waals surface area contributed by atoms with E-state index in [1.807, 2.05) is 14.0 Å². The van der Waals surface area contributed by atoms with Crippen molar-refractivity contribution in [1.82, 2.24) is 9.55 Å². The van der Waals surface area contributed by atoms with Gasteiger partial charge >= 0.3 is 35.3 Å². The van der Waals surface area contributed by atoms with Crippen LogP contribution < -0.4 is 0 Å². The van der Waals surface area contributed by atoms with Gasteiger partial charge in [-0.2, -0.15) is 0 Å². The zero-order valence-electron chi connectivity index (χ0n) is 8.12. The fraction of sp³-hybridized carbons (Fsp3) is 0.625. The normalized spacial score (nSPS) is 10.1. The zero-order chi connectivity index (χ0) is 10.4. The summed E-state index contributed by atoms with van der Waals surface area (Å²) in [6.45, 7) is 6.33. The minimum atomic E-state index is -0.472. The molecule has 0 saturated carbocycles. The molecule has 1 heterocycles. The van der Waals surface area contributed by atoms with E-state index in [0.29, 0.717) is 5.92 Å². The van der Waals surface area contributed by atoms with Crippen LogP contribution in [-0.4, -0.2) is 9.55 Å². The van der Waals surface area contributed by atoms with Crippen molar-refractivity contribution in [3.8, 4) is 0 Å². The van der Waals surface area contributed by atoms with Crippen molar-refractivity contribution in [1.29, 1.82) is 0 Å². The minimum absolute atomic E-state index is 0.472. The molecule has 0 bridgehead atoms. The Morgan fingerprint density at radius 1 is 1.46 bits per heavy atom. The third-order valence-corrected chi connectivity index (χ3v) is 1.72. The van der Waals surface area contributed by atoms with Gasteiger partial charge in [0.05, 0.1) is 5.69 Å². The fourth-order valence-electron chi connectivity index (χ4n) is 0.865. The van der Waals surface area contributed by atoms with Crippen molar-refractivity contribution in [2.75, 3.05) is 0 Å². The van der Waals surface area contributed by atoms with Crippen molar-refractivity contribution in [3.63, 3.8) is 0 Å². The summed E-state index contributed by atoms with van der Waals surface area (Å²) < 4.78 is 2.05. The monoisotopic (exact) mass is 403 g/mol. The van der Waals surface area contributed by atoms with Crippen LogP contribution >= 0.6 is 18.8 Å². The Morgan fingerprint density at radius 2 is 1.92 bits per heavy atom. The fourth-order valence-corrected chi connectivity index (χ4v) is 0.865. The van der Waals surface area contributed by atoms with E-state index in [9.17, 15) is 0 Å². The molecule has 0 saturated heterocycles. The first-order chi connectivity index (χ1) is 6.02. The van der Waals surface area contributed by atoms with Crippen LogP contribution in [-0.2, 0) is 23.5 Å². The van der Waals surface area contributed by atoms with Crippen LogP contribution in [0.4, 0.5) is 0 Å². The molecule has 2 nitrogen and oxygen atoms in total. The standard InChI is InChI=1S/C8H14N2.2ClH.Pt/c1-6(2)8-5-10(4)7(3)9-8;;;/h5-6H,1-4H3;2*1H;/q;;;+2/p-2. The number of rotatable bonds is 1. The van der Waals surface area contributed by atoms with Gasteiger partial charge in [0, 0.05) is 13.2 Å². The van der Waals surface area contributed by atoms with Crippen molar-refractivity contribution in [3.05, 3.63) is 17.7 Å². The average Bonchev–Trinajstić information content (AvgIpc) is 2.34. The second-order valence-electron chi connectivity index (χ2n) is 3.02. The van der Waals surface area contributed by atoms with Crippen LogP contribution in [0.25, 0.3) is 0 Å². The molecule has 0 aromatic carbocycles. The third-order valence-electron chi connectivity index (χ3n) is 1.72. The van der Waals surface area contributed by atoms with E-state index < -0.39 is 16.5 Å². The maximum atomic E-state index is 4.88. The van der Waals surface area contributed by atoms with Crippen LogP contribution in [0.3, 0.4) is 0 Å². The summed E-state index contributed by atoms with van der Waals surface area (Å²) in [5.74, 6) is 1.63. The van der Waals surface area contributed by atoms with Crippen molar-refractivity contribution in [2.24, 2.45) is 7.05 Å². The van der Waals surface area contributed by atoms with Crippen LogP contribution in [0.5, 0.6) is 0 Å². The summed E-state index contributed by atoms with van der Waals surface area (Å²) in [6.07, 6.45) is 2.08. The number of hydrogen-bond donors (Lipinski definition) is 0. The molecular formula is C8H14Cl2N2Pt. The quantitative estimate of drug-likeness (QED) is 0.703. The predicted molar refractivity (Wildman–Crippen MR) is 53.7 cm³/mol. The summed E-state index contributed by atoms with van der Waals surface area (Å²) in [7, 11) is 11.8. The SMILES string of the molecule is Cc1nc(C(C)C)cn1C.[Cl][Pt][Cl]. The molecule has 0 aliphatic heterocycles. The van der Waals surface area contributed by atoms with Gasteiger partial charge in [-0.05, 0) is 12.8 Å². The molecule has 0 aliphatic rings. The molecule has 1 aromatic heterocycles. The summed E-state index contributed by atoms with van der Waals surface area (Å²) in [6, 6.07) is 0. The van der Waals surface area contributed by atoms with Gasteiger partial charge in [0.2, 0.25) is 0 Å². The van der Waals surface area contributed by atoms with Gasteiger partial charge < -0.3 is 4.57 Å². The van der Waals surface area contributed by atoms with Gasteiger partial charge in [-0.15, -0.1) is 0 Å². The zero-order valence-corrected chi connectivity index (χ0v) is 11.9. The topological polar surface area (TPSA) is 17.8 Å². The summed E-state index contributed by atoms with van der Waals surface area (Å²) in [5, 5.41) is 0. The van der Waals surface area contributed by atoms with Crippen LogP contribution in [0, 0.1) is 6.92 Å². The van der Waals surface area contributed by atoms with E-state index in [1.54, 1.807) is 0 Å². The molecule has 0 spiro atoms. The number of nitrogens with zero attached hydrogens (tertiary/aromatic N) is 2. The summed E-state index contributed by atoms with van der Waals surface area (Å²) >= 11 is -0.472. The van der Waals surface area contributed by atoms with E-state index >= 15 is 0 Å². The Kier molecular flexibility index (Phi) is 7.11. The molecule has 5 heteroatoms. The number of aryl methyl sites for hydroxylation is 2. The summed E-state index contributed by atoms with van der Waals surface area (Å²) in [4.78, 5) is 4.37. The Labute approximate surface area is 96.0 Å². The van der Waals surface area contributed by atoms with Crippen LogP contribution in [0.1, 0.15) is 31.3 Å². The second kappa shape index (κ2) is 6.86. The summed E-state index contributed by atoms with van der Waals surface area (Å²) in [5.41, 5.74) is 1.18. The van der Waals surface area contributed by atoms with Crippen molar-refractivity contribution >= 4 is 18.8 Å². The Bertz CT molecular complexity index is 229. The molecule has 80 valence electrons. The number of aromatic nitrogens is 2. The van der Waals surface area contributed by atoms with Crippen molar-refractivity contribution in [2.45, 2.75) is 26.7 Å². The van der Waals surface area contributed by atoms with Gasteiger partial charge in [0.25, 0.3) is 0 Å². The molecule has 0 amide bonds. The molecular weight excluding hydrogens is 390 g/mol. The van der Waals surface area contributed by atoms with Crippen LogP contribution in [0.15, 0.2) is 6.20 Å². The van der Waals surface area contributed by atoms with Gasteiger partial charge in [0.15, 0.2) is 0 Å². The third kappa shape index (κ3) is 5.05. The van der Waals surface area contributed by atoms with Gasteiger partial charge in [-0.1, -0.05) is 13.8 Å². The number of halogens is 2. The first-order valence-electron chi connectivity index (χ1n) is 3.85. The van der Waals surface area contributed by atoms with Gasteiger partial charge in [-0.3, -0.25) is 0 Å². The van der Waals surface area contributed by atoms with E-state index in [4.69, 9.17) is 18.8 Å². The molecule has 0 aliphatic carbocycles. The Balaban J connectivity index is 0.000000424. The first kappa shape index (κ1) is 13.5. The van der Waals surface area contributed by atoms with Crippen molar-refractivity contribution < 1.29 is 16.5 Å². The molecule has 0 radical (unpaired) electrons. The molecule has 0 atom stereocenters. The van der Waals surface area contributed by atoms with E-state index in [1.165, 1.54) is 5.69 Å².